The number of aryl methyl sites for hydroxylation is 1. The van der Waals surface area contributed by atoms with E-state index in [4.69, 9.17) is 0 Å². The molecule has 1 saturated heterocycles. The fourth-order valence-corrected chi connectivity index (χ4v) is 9.36. The van der Waals surface area contributed by atoms with Crippen LogP contribution in [0.2, 0.25) is 18.1 Å². The molecule has 2 heterocycles. The van der Waals surface area contributed by atoms with Crippen LogP contribution in [0.5, 0.6) is 0 Å². The molecule has 1 heteroatoms. The minimum absolute atomic E-state index is 0.990. The molecule has 0 unspecified atom stereocenters. The molecular weight excluding hydrogens is 196 g/mol. The first-order valence-corrected chi connectivity index (χ1v) is 9.11. The van der Waals surface area contributed by atoms with Crippen molar-refractivity contribution in [2.75, 3.05) is 0 Å². The van der Waals surface area contributed by atoms with Crippen molar-refractivity contribution in [3.05, 3.63) is 29.8 Å². The maximum absolute atomic E-state index is 2.46. The van der Waals surface area contributed by atoms with Gasteiger partial charge in [0.05, 0.1) is 8.07 Å². The Kier molecular flexibility index (Phi) is 2.43. The van der Waals surface area contributed by atoms with E-state index in [1.54, 1.807) is 23.7 Å². The highest BCUT2D eigenvalue weighted by molar-refractivity contribution is 6.92. The summed E-state index contributed by atoms with van der Waals surface area (Å²) < 4.78 is 0. The second kappa shape index (κ2) is 3.78. The van der Waals surface area contributed by atoms with Gasteiger partial charge in [-0.25, -0.2) is 0 Å². The lowest BCUT2D eigenvalue weighted by atomic mass is 10.1. The maximum atomic E-state index is 2.46. The van der Waals surface area contributed by atoms with Gasteiger partial charge < -0.3 is 0 Å². The molecule has 0 radical (unpaired) electrons. The lowest BCUT2D eigenvalue weighted by Gasteiger charge is -2.40. The van der Waals surface area contributed by atoms with Crippen LogP contribution in [-0.2, 0) is 6.42 Å². The standard InChI is InChI=1S/C14H20Si/c1-4-10-15(11-5-1)12-6-8-13-7-2-3-9-14(13)15/h2-3,7,9H,1,4-6,8,10-12H2. The molecule has 1 spiro atoms. The molecule has 0 nitrogen and oxygen atoms in total. The summed E-state index contributed by atoms with van der Waals surface area (Å²) in [6.45, 7) is 0. The van der Waals surface area contributed by atoms with E-state index >= 15 is 0 Å². The van der Waals surface area contributed by atoms with Crippen LogP contribution < -0.4 is 5.19 Å². The number of hydrogen-bond acceptors (Lipinski definition) is 0. The van der Waals surface area contributed by atoms with Crippen LogP contribution >= 0.6 is 0 Å². The number of rotatable bonds is 0. The van der Waals surface area contributed by atoms with E-state index in [2.05, 4.69) is 24.3 Å². The molecule has 15 heavy (non-hydrogen) atoms. The average molecular weight is 216 g/mol. The normalized spacial score (nSPS) is 23.7. The van der Waals surface area contributed by atoms with Crippen LogP contribution in [0.15, 0.2) is 24.3 Å². The Balaban J connectivity index is 2.04. The van der Waals surface area contributed by atoms with Gasteiger partial charge in [-0.15, -0.1) is 0 Å². The van der Waals surface area contributed by atoms with Gasteiger partial charge in [0.1, 0.15) is 0 Å². The third kappa shape index (κ3) is 1.57. The Hall–Kier alpha value is -0.563. The molecule has 3 rings (SSSR count). The zero-order valence-electron chi connectivity index (χ0n) is 9.47. The van der Waals surface area contributed by atoms with Crippen molar-refractivity contribution in [2.45, 2.75) is 50.2 Å². The van der Waals surface area contributed by atoms with Crippen molar-refractivity contribution in [3.8, 4) is 0 Å². The molecule has 0 aliphatic carbocycles. The van der Waals surface area contributed by atoms with Crippen LogP contribution in [0, 0.1) is 0 Å². The van der Waals surface area contributed by atoms with Crippen LogP contribution in [0.4, 0.5) is 0 Å². The second-order valence-corrected chi connectivity index (χ2v) is 9.95. The van der Waals surface area contributed by atoms with E-state index in [0.29, 0.717) is 0 Å². The van der Waals surface area contributed by atoms with Crippen molar-refractivity contribution in [1.82, 2.24) is 0 Å². The van der Waals surface area contributed by atoms with Gasteiger partial charge in [-0.1, -0.05) is 73.3 Å². The van der Waals surface area contributed by atoms with Crippen molar-refractivity contribution >= 4 is 13.3 Å². The van der Waals surface area contributed by atoms with Gasteiger partial charge in [-0.3, -0.25) is 0 Å². The van der Waals surface area contributed by atoms with Crippen LogP contribution in [0.3, 0.4) is 0 Å². The highest BCUT2D eigenvalue weighted by Crippen LogP contribution is 2.36. The molecule has 1 aromatic carbocycles. The largest absolute Gasteiger partial charge is 0.0870 e. The molecule has 0 atom stereocenters. The lowest BCUT2D eigenvalue weighted by molar-refractivity contribution is 0.699. The summed E-state index contributed by atoms with van der Waals surface area (Å²) >= 11 is 0. The van der Waals surface area contributed by atoms with Crippen molar-refractivity contribution < 1.29 is 0 Å². The molecule has 1 fully saturated rings. The Labute approximate surface area is 93.7 Å². The van der Waals surface area contributed by atoms with Gasteiger partial charge >= 0.3 is 0 Å². The molecule has 0 aromatic heterocycles. The summed E-state index contributed by atoms with van der Waals surface area (Å²) in [5.41, 5.74) is 1.71. The third-order valence-corrected chi connectivity index (χ3v) is 10.1. The van der Waals surface area contributed by atoms with E-state index in [9.17, 15) is 0 Å². The number of benzene rings is 1. The van der Waals surface area contributed by atoms with Gasteiger partial charge in [0, 0.05) is 0 Å². The van der Waals surface area contributed by atoms with Crippen molar-refractivity contribution in [3.63, 3.8) is 0 Å². The van der Waals surface area contributed by atoms with E-state index in [0.717, 1.165) is 0 Å². The first-order valence-electron chi connectivity index (χ1n) is 6.49. The number of fused-ring (bicyclic) bond motifs is 2. The minimum atomic E-state index is -0.990. The predicted octanol–water partition coefficient (Wildman–Crippen LogP) is 3.47. The molecule has 1 aromatic rings. The smallest absolute Gasteiger partial charge is 0.0627 e. The van der Waals surface area contributed by atoms with E-state index in [1.807, 2.05) is 5.19 Å². The Morgan fingerprint density at radius 3 is 2.40 bits per heavy atom. The zero-order valence-corrected chi connectivity index (χ0v) is 10.5. The summed E-state index contributed by atoms with van der Waals surface area (Å²) in [5.74, 6) is 0. The summed E-state index contributed by atoms with van der Waals surface area (Å²) in [5, 5.41) is 1.84. The summed E-state index contributed by atoms with van der Waals surface area (Å²) in [6, 6.07) is 14.1. The van der Waals surface area contributed by atoms with Crippen molar-refractivity contribution in [1.29, 1.82) is 0 Å². The predicted molar refractivity (Wildman–Crippen MR) is 68.4 cm³/mol. The average Bonchev–Trinajstić information content (AvgIpc) is 2.31. The van der Waals surface area contributed by atoms with Crippen LogP contribution in [0.1, 0.15) is 31.2 Å². The highest BCUT2D eigenvalue weighted by atomic mass is 28.3. The van der Waals surface area contributed by atoms with E-state index in [-0.39, 0.29) is 0 Å². The Morgan fingerprint density at radius 2 is 1.53 bits per heavy atom. The molecule has 0 amide bonds. The Bertz CT molecular complexity index is 350. The van der Waals surface area contributed by atoms with Crippen LogP contribution in [0.25, 0.3) is 0 Å². The fraction of sp³-hybridized carbons (Fsp3) is 0.571. The van der Waals surface area contributed by atoms with Gasteiger partial charge in [-0.05, 0) is 12.0 Å². The number of hydrogen-bond donors (Lipinski definition) is 0. The molecule has 0 saturated carbocycles. The van der Waals surface area contributed by atoms with Gasteiger partial charge in [0.15, 0.2) is 0 Å². The summed E-state index contributed by atoms with van der Waals surface area (Å²) in [6.07, 6.45) is 7.35. The topological polar surface area (TPSA) is 0 Å². The Morgan fingerprint density at radius 1 is 0.800 bits per heavy atom. The second-order valence-electron chi connectivity index (χ2n) is 5.35. The van der Waals surface area contributed by atoms with Gasteiger partial charge in [0.25, 0.3) is 0 Å². The molecule has 80 valence electrons. The van der Waals surface area contributed by atoms with E-state index < -0.39 is 8.07 Å². The first-order chi connectivity index (χ1) is 7.41. The molecule has 2 aliphatic heterocycles. The lowest BCUT2D eigenvalue weighted by Crippen LogP contribution is -2.52. The molecule has 0 N–H and O–H groups in total. The van der Waals surface area contributed by atoms with Crippen LogP contribution in [-0.4, -0.2) is 8.07 Å². The minimum Gasteiger partial charge on any atom is -0.0627 e. The molecule has 0 bridgehead atoms. The third-order valence-electron chi connectivity index (χ3n) is 4.50. The summed E-state index contributed by atoms with van der Waals surface area (Å²) in [4.78, 5) is 0. The van der Waals surface area contributed by atoms with E-state index in [1.165, 1.54) is 32.1 Å². The zero-order chi connectivity index (χ0) is 10.1. The quantitative estimate of drug-likeness (QED) is 0.583. The van der Waals surface area contributed by atoms with Gasteiger partial charge in [0.2, 0.25) is 0 Å². The highest BCUT2D eigenvalue weighted by Gasteiger charge is 2.39. The monoisotopic (exact) mass is 216 g/mol. The molecular formula is C14H20Si. The summed E-state index contributed by atoms with van der Waals surface area (Å²) in [7, 11) is -0.990. The first kappa shape index (κ1) is 9.65. The van der Waals surface area contributed by atoms with Crippen molar-refractivity contribution in [2.24, 2.45) is 0 Å². The fourth-order valence-electron chi connectivity index (χ4n) is 3.76. The maximum Gasteiger partial charge on any atom is 0.0870 e. The SMILES string of the molecule is c1ccc2c(c1)CCC[Si]21CCCCC1. The molecule has 2 aliphatic rings. The van der Waals surface area contributed by atoms with Gasteiger partial charge in [-0.2, -0.15) is 0 Å².